The number of benzene rings is 1. The first-order valence-corrected chi connectivity index (χ1v) is 9.57. The van der Waals surface area contributed by atoms with Crippen molar-refractivity contribution in [3.05, 3.63) is 41.6 Å². The molecule has 1 aliphatic carbocycles. The lowest BCUT2D eigenvalue weighted by molar-refractivity contribution is -0.114. The molecular weight excluding hydrogens is 298 g/mol. The Morgan fingerprint density at radius 1 is 1.24 bits per heavy atom. The second-order valence-electron chi connectivity index (χ2n) is 5.28. The number of allylic oxidation sites excluding steroid dienone is 1. The largest absolute Gasteiger partial charge is 0.346 e. The fourth-order valence-electron chi connectivity index (χ4n) is 3.14. The highest BCUT2D eigenvalue weighted by molar-refractivity contribution is 8.07. The fourth-order valence-corrected chi connectivity index (χ4v) is 4.66. The molecule has 1 aliphatic rings. The molecule has 0 amide bonds. The summed E-state index contributed by atoms with van der Waals surface area (Å²) in [6.45, 7) is 0. The second-order valence-corrected chi connectivity index (χ2v) is 7.17. The van der Waals surface area contributed by atoms with Crippen LogP contribution in [-0.2, 0) is 11.8 Å². The van der Waals surface area contributed by atoms with Crippen LogP contribution >= 0.6 is 23.5 Å². The first-order chi connectivity index (χ1) is 10.2. The van der Waals surface area contributed by atoms with Gasteiger partial charge in [-0.1, -0.05) is 18.2 Å². The minimum Gasteiger partial charge on any atom is -0.346 e. The van der Waals surface area contributed by atoms with Gasteiger partial charge < -0.3 is 4.57 Å². The summed E-state index contributed by atoms with van der Waals surface area (Å²) in [7, 11) is 2.14. The SMILES string of the molecule is CS/C1=C/C(=O)CCC(SC)c2c1c1ccccc1n2C. The zero-order valence-electron chi connectivity index (χ0n) is 12.6. The van der Waals surface area contributed by atoms with Crippen LogP contribution in [0.3, 0.4) is 0 Å². The quantitative estimate of drug-likeness (QED) is 0.805. The van der Waals surface area contributed by atoms with E-state index in [9.17, 15) is 4.79 Å². The molecule has 0 saturated carbocycles. The van der Waals surface area contributed by atoms with Crippen molar-refractivity contribution in [2.24, 2.45) is 7.05 Å². The van der Waals surface area contributed by atoms with Crippen LogP contribution in [0.2, 0.25) is 0 Å². The number of para-hydroxylation sites is 1. The number of rotatable bonds is 2. The van der Waals surface area contributed by atoms with Gasteiger partial charge in [-0.3, -0.25) is 4.79 Å². The molecule has 0 fully saturated rings. The maximum Gasteiger partial charge on any atom is 0.156 e. The number of aromatic nitrogens is 1. The Morgan fingerprint density at radius 3 is 2.71 bits per heavy atom. The normalized spacial score (nSPS) is 21.6. The van der Waals surface area contributed by atoms with Gasteiger partial charge in [0.25, 0.3) is 0 Å². The van der Waals surface area contributed by atoms with E-state index in [1.165, 1.54) is 22.2 Å². The van der Waals surface area contributed by atoms with Crippen molar-refractivity contribution in [3.8, 4) is 0 Å². The Kier molecular flexibility index (Phi) is 4.18. The molecule has 1 heterocycles. The summed E-state index contributed by atoms with van der Waals surface area (Å²) in [5.41, 5.74) is 3.86. The van der Waals surface area contributed by atoms with Gasteiger partial charge in [-0.15, -0.1) is 11.8 Å². The Labute approximate surface area is 134 Å². The number of hydrogen-bond acceptors (Lipinski definition) is 3. The standard InChI is InChI=1S/C17H19NOS2/c1-18-13-7-5-4-6-12(13)16-15(21-3)10-11(19)8-9-14(20-2)17(16)18/h4-7,10,14H,8-9H2,1-3H3/b15-10+. The molecule has 1 aromatic carbocycles. The highest BCUT2D eigenvalue weighted by Gasteiger charge is 2.26. The van der Waals surface area contributed by atoms with Crippen molar-refractivity contribution in [1.82, 2.24) is 4.57 Å². The molecule has 2 nitrogen and oxygen atoms in total. The molecule has 1 aromatic heterocycles. The van der Waals surface area contributed by atoms with Crippen LogP contribution in [0.1, 0.15) is 29.3 Å². The Bertz CT molecular complexity index is 730. The van der Waals surface area contributed by atoms with E-state index in [0.717, 1.165) is 11.3 Å². The van der Waals surface area contributed by atoms with Gasteiger partial charge in [0.1, 0.15) is 0 Å². The fraction of sp³-hybridized carbons (Fsp3) is 0.353. The number of carbonyl (C=O) groups excluding carboxylic acids is 1. The van der Waals surface area contributed by atoms with Crippen molar-refractivity contribution in [2.75, 3.05) is 12.5 Å². The van der Waals surface area contributed by atoms with E-state index < -0.39 is 0 Å². The zero-order valence-corrected chi connectivity index (χ0v) is 14.2. The molecule has 0 bridgehead atoms. The van der Waals surface area contributed by atoms with Crippen molar-refractivity contribution in [1.29, 1.82) is 0 Å². The van der Waals surface area contributed by atoms with E-state index in [4.69, 9.17) is 0 Å². The van der Waals surface area contributed by atoms with E-state index in [2.05, 4.69) is 48.4 Å². The lowest BCUT2D eigenvalue weighted by atomic mass is 10.0. The molecule has 2 aromatic rings. The van der Waals surface area contributed by atoms with Crippen molar-refractivity contribution >= 4 is 45.1 Å². The number of hydrogen-bond donors (Lipinski definition) is 0. The summed E-state index contributed by atoms with van der Waals surface area (Å²) in [5, 5.41) is 1.63. The van der Waals surface area contributed by atoms with Crippen molar-refractivity contribution < 1.29 is 4.79 Å². The molecule has 4 heteroatoms. The lowest BCUT2D eigenvalue weighted by Gasteiger charge is -2.20. The van der Waals surface area contributed by atoms with Crippen LogP contribution in [0.15, 0.2) is 30.3 Å². The smallest absolute Gasteiger partial charge is 0.156 e. The third kappa shape index (κ3) is 2.44. The molecule has 3 rings (SSSR count). The van der Waals surface area contributed by atoms with Crippen LogP contribution in [0.25, 0.3) is 15.8 Å². The minimum absolute atomic E-state index is 0.247. The molecule has 110 valence electrons. The van der Waals surface area contributed by atoms with Gasteiger partial charge in [-0.25, -0.2) is 0 Å². The average molecular weight is 317 g/mol. The van der Waals surface area contributed by atoms with E-state index in [1.54, 1.807) is 11.8 Å². The summed E-state index contributed by atoms with van der Waals surface area (Å²) in [6.07, 6.45) is 7.58. The zero-order chi connectivity index (χ0) is 15.0. The van der Waals surface area contributed by atoms with Gasteiger partial charge in [-0.2, -0.15) is 11.8 Å². The third-order valence-corrected chi connectivity index (χ3v) is 5.94. The molecule has 1 unspecified atom stereocenters. The van der Waals surface area contributed by atoms with Crippen LogP contribution in [-0.4, -0.2) is 22.9 Å². The molecule has 1 atom stereocenters. The highest BCUT2D eigenvalue weighted by Crippen LogP contribution is 2.44. The van der Waals surface area contributed by atoms with Gasteiger partial charge in [-0.05, 0) is 31.1 Å². The topological polar surface area (TPSA) is 22.0 Å². The molecule has 0 spiro atoms. The van der Waals surface area contributed by atoms with E-state index >= 15 is 0 Å². The van der Waals surface area contributed by atoms with Crippen LogP contribution in [0, 0.1) is 0 Å². The first kappa shape index (κ1) is 14.8. The summed E-state index contributed by atoms with van der Waals surface area (Å²) >= 11 is 3.52. The number of carbonyl (C=O) groups is 1. The van der Waals surface area contributed by atoms with Gasteiger partial charge >= 0.3 is 0 Å². The molecular formula is C17H19NOS2. The predicted octanol–water partition coefficient (Wildman–Crippen LogP) is 4.65. The van der Waals surface area contributed by atoms with E-state index in [1.807, 2.05) is 17.8 Å². The Morgan fingerprint density at radius 2 is 2.00 bits per heavy atom. The van der Waals surface area contributed by atoms with Crippen molar-refractivity contribution in [2.45, 2.75) is 18.1 Å². The maximum absolute atomic E-state index is 12.1. The Balaban J connectivity index is 2.39. The first-order valence-electron chi connectivity index (χ1n) is 7.06. The summed E-state index contributed by atoms with van der Waals surface area (Å²) in [6, 6.07) is 8.49. The third-order valence-electron chi connectivity index (χ3n) is 4.15. The molecule has 0 saturated heterocycles. The van der Waals surface area contributed by atoms with Gasteiger partial charge in [0, 0.05) is 45.8 Å². The molecule has 0 radical (unpaired) electrons. The summed E-state index contributed by atoms with van der Waals surface area (Å²) < 4.78 is 2.31. The number of ketones is 1. The van der Waals surface area contributed by atoms with E-state index in [-0.39, 0.29) is 5.78 Å². The number of fused-ring (bicyclic) bond motifs is 3. The average Bonchev–Trinajstić information content (AvgIpc) is 2.77. The van der Waals surface area contributed by atoms with Crippen LogP contribution < -0.4 is 0 Å². The molecule has 21 heavy (non-hydrogen) atoms. The summed E-state index contributed by atoms with van der Waals surface area (Å²) in [5.74, 6) is 0.247. The number of aryl methyl sites for hydroxylation is 1. The van der Waals surface area contributed by atoms with Gasteiger partial charge in [0.15, 0.2) is 5.78 Å². The molecule has 0 aliphatic heterocycles. The Hall–Kier alpha value is -1.13. The van der Waals surface area contributed by atoms with Crippen molar-refractivity contribution in [3.63, 3.8) is 0 Å². The highest BCUT2D eigenvalue weighted by atomic mass is 32.2. The summed E-state index contributed by atoms with van der Waals surface area (Å²) in [4.78, 5) is 13.2. The monoisotopic (exact) mass is 317 g/mol. The lowest BCUT2D eigenvalue weighted by Crippen LogP contribution is -2.09. The van der Waals surface area contributed by atoms with Gasteiger partial charge in [0.2, 0.25) is 0 Å². The van der Waals surface area contributed by atoms with E-state index in [0.29, 0.717) is 11.7 Å². The number of nitrogens with zero attached hydrogens (tertiary/aromatic N) is 1. The van der Waals surface area contributed by atoms with Crippen LogP contribution in [0.4, 0.5) is 0 Å². The molecule has 0 N–H and O–H groups in total. The second kappa shape index (κ2) is 5.93. The number of thioether (sulfide) groups is 2. The minimum atomic E-state index is 0.247. The maximum atomic E-state index is 12.1. The van der Waals surface area contributed by atoms with Crippen LogP contribution in [0.5, 0.6) is 0 Å². The van der Waals surface area contributed by atoms with Gasteiger partial charge in [0.05, 0.1) is 0 Å². The predicted molar refractivity (Wildman–Crippen MR) is 94.9 cm³/mol.